The maximum atomic E-state index is 12.8. The van der Waals surface area contributed by atoms with Crippen LogP contribution in [0.15, 0.2) is 47.6 Å². The van der Waals surface area contributed by atoms with Crippen molar-refractivity contribution in [3.63, 3.8) is 0 Å². The molecule has 1 saturated heterocycles. The molecule has 146 valence electrons. The molecule has 8 heteroatoms. The zero-order chi connectivity index (χ0) is 19.3. The molecule has 1 atom stereocenters. The summed E-state index contributed by atoms with van der Waals surface area (Å²) in [6.07, 6.45) is 3.83. The quantitative estimate of drug-likeness (QED) is 0.827. The molecule has 1 aromatic carbocycles. The Labute approximate surface area is 167 Å². The minimum absolute atomic E-state index is 0.0949. The minimum Gasteiger partial charge on any atom is -0.376 e. The molecule has 2 aliphatic heterocycles. The average Bonchev–Trinajstić information content (AvgIpc) is 3.25. The Balaban J connectivity index is 1.40. The maximum absolute atomic E-state index is 12.8. The zero-order valence-corrected chi connectivity index (χ0v) is 16.2. The number of carbonyl (C=O) groups is 2. The first-order valence-electron chi connectivity index (χ1n) is 9.37. The first-order chi connectivity index (χ1) is 13.7. The van der Waals surface area contributed by atoms with E-state index in [-0.39, 0.29) is 18.0 Å². The van der Waals surface area contributed by atoms with Crippen LogP contribution in [0.25, 0.3) is 0 Å². The number of ether oxygens (including phenoxy) is 1. The predicted octanol–water partition coefficient (Wildman–Crippen LogP) is 3.13. The van der Waals surface area contributed by atoms with E-state index < -0.39 is 0 Å². The van der Waals surface area contributed by atoms with Gasteiger partial charge in [0, 0.05) is 42.9 Å². The van der Waals surface area contributed by atoms with Gasteiger partial charge >= 0.3 is 6.03 Å². The molecule has 28 heavy (non-hydrogen) atoms. The molecule has 3 heterocycles. The number of pyridine rings is 1. The molecule has 2 N–H and O–H groups in total. The maximum Gasteiger partial charge on any atom is 0.326 e. The predicted molar refractivity (Wildman–Crippen MR) is 109 cm³/mol. The molecule has 0 spiro atoms. The van der Waals surface area contributed by atoms with Crippen LogP contribution in [0.2, 0.25) is 0 Å². The van der Waals surface area contributed by atoms with Crippen LogP contribution in [-0.2, 0) is 4.74 Å². The third kappa shape index (κ3) is 4.28. The lowest BCUT2D eigenvalue weighted by Crippen LogP contribution is -2.39. The number of fused-ring (bicyclic) bond motifs is 1. The van der Waals surface area contributed by atoms with Crippen LogP contribution < -0.4 is 15.5 Å². The summed E-state index contributed by atoms with van der Waals surface area (Å²) >= 11 is 1.64. The number of thioether (sulfide) groups is 1. The Morgan fingerprint density at radius 2 is 2.21 bits per heavy atom. The lowest BCUT2D eigenvalue weighted by atomic mass is 10.1. The molecule has 1 fully saturated rings. The SMILES string of the molecule is O=C(NC[C@H]1CCCO1)c1cccc(NC(=O)N2CCSc3ncccc32)c1. The number of benzene rings is 1. The van der Waals surface area contributed by atoms with E-state index in [1.807, 2.05) is 12.1 Å². The van der Waals surface area contributed by atoms with Crippen LogP contribution in [-0.4, -0.2) is 48.5 Å². The van der Waals surface area contributed by atoms with Gasteiger partial charge in [0.05, 0.1) is 11.8 Å². The molecule has 0 aliphatic carbocycles. The Morgan fingerprint density at radius 3 is 3.07 bits per heavy atom. The molecular formula is C20H22N4O3S. The number of aromatic nitrogens is 1. The smallest absolute Gasteiger partial charge is 0.326 e. The van der Waals surface area contributed by atoms with Crippen LogP contribution in [0, 0.1) is 0 Å². The van der Waals surface area contributed by atoms with Crippen LogP contribution in [0.5, 0.6) is 0 Å². The first-order valence-corrected chi connectivity index (χ1v) is 10.4. The summed E-state index contributed by atoms with van der Waals surface area (Å²) in [5, 5.41) is 6.64. The summed E-state index contributed by atoms with van der Waals surface area (Å²) in [4.78, 5) is 31.2. The van der Waals surface area contributed by atoms with Gasteiger partial charge in [0.25, 0.3) is 5.91 Å². The van der Waals surface area contributed by atoms with E-state index in [0.29, 0.717) is 24.3 Å². The lowest BCUT2D eigenvalue weighted by Gasteiger charge is -2.28. The van der Waals surface area contributed by atoms with Gasteiger partial charge in [-0.3, -0.25) is 9.69 Å². The van der Waals surface area contributed by atoms with Crippen molar-refractivity contribution in [2.75, 3.05) is 35.7 Å². The lowest BCUT2D eigenvalue weighted by molar-refractivity contribution is 0.0858. The van der Waals surface area contributed by atoms with Crippen molar-refractivity contribution in [3.05, 3.63) is 48.2 Å². The summed E-state index contributed by atoms with van der Waals surface area (Å²) in [5.41, 5.74) is 1.90. The summed E-state index contributed by atoms with van der Waals surface area (Å²) in [6.45, 7) is 1.87. The van der Waals surface area contributed by atoms with Gasteiger partial charge in [-0.2, -0.15) is 0 Å². The third-order valence-corrected chi connectivity index (χ3v) is 5.71. The molecule has 0 unspecified atom stereocenters. The largest absolute Gasteiger partial charge is 0.376 e. The molecule has 3 amide bonds. The van der Waals surface area contributed by atoms with Crippen molar-refractivity contribution in [1.82, 2.24) is 10.3 Å². The van der Waals surface area contributed by atoms with Crippen molar-refractivity contribution in [3.8, 4) is 0 Å². The second-order valence-corrected chi connectivity index (χ2v) is 7.77. The van der Waals surface area contributed by atoms with Gasteiger partial charge in [-0.1, -0.05) is 6.07 Å². The molecule has 4 rings (SSSR count). The number of hydrogen-bond donors (Lipinski definition) is 2. The summed E-state index contributed by atoms with van der Waals surface area (Å²) < 4.78 is 5.53. The molecule has 1 aromatic heterocycles. The normalized spacial score (nSPS) is 18.4. The van der Waals surface area contributed by atoms with Gasteiger partial charge in [-0.15, -0.1) is 11.8 Å². The van der Waals surface area contributed by atoms with E-state index in [9.17, 15) is 9.59 Å². The molecule has 0 radical (unpaired) electrons. The van der Waals surface area contributed by atoms with Crippen LogP contribution >= 0.6 is 11.8 Å². The fourth-order valence-corrected chi connectivity index (χ4v) is 4.24. The molecular weight excluding hydrogens is 376 g/mol. The number of anilines is 2. The van der Waals surface area contributed by atoms with Gasteiger partial charge in [0.15, 0.2) is 0 Å². The van der Waals surface area contributed by atoms with Gasteiger partial charge in [-0.05, 0) is 43.2 Å². The molecule has 2 aliphatic rings. The van der Waals surface area contributed by atoms with Crippen molar-refractivity contribution in [2.24, 2.45) is 0 Å². The Bertz CT molecular complexity index is 870. The van der Waals surface area contributed by atoms with E-state index in [1.165, 1.54) is 0 Å². The van der Waals surface area contributed by atoms with Crippen molar-refractivity contribution in [2.45, 2.75) is 24.0 Å². The minimum atomic E-state index is -0.230. The number of urea groups is 1. The number of carbonyl (C=O) groups excluding carboxylic acids is 2. The average molecular weight is 398 g/mol. The Hall–Kier alpha value is -2.58. The standard InChI is InChI=1S/C20H22N4O3S/c25-18(22-13-16-6-3-10-27-16)14-4-1-5-15(12-14)23-20(26)24-9-11-28-19-17(24)7-2-8-21-19/h1-2,4-5,7-8,12,16H,3,6,9-11,13H2,(H,22,25)(H,23,26)/t16-/m1/s1. The van der Waals surface area contributed by atoms with E-state index in [4.69, 9.17) is 4.74 Å². The summed E-state index contributed by atoms with van der Waals surface area (Å²) in [6, 6.07) is 10.4. The highest BCUT2D eigenvalue weighted by atomic mass is 32.2. The number of nitrogens with one attached hydrogen (secondary N) is 2. The van der Waals surface area contributed by atoms with Gasteiger partial charge < -0.3 is 15.4 Å². The molecule has 7 nitrogen and oxygen atoms in total. The molecule has 0 bridgehead atoms. The fraction of sp³-hybridized carbons (Fsp3) is 0.350. The van der Waals surface area contributed by atoms with Crippen molar-refractivity contribution >= 4 is 35.1 Å². The number of amides is 3. The number of rotatable bonds is 4. The second kappa shape index (κ2) is 8.62. The van der Waals surface area contributed by atoms with E-state index in [0.717, 1.165) is 35.9 Å². The second-order valence-electron chi connectivity index (χ2n) is 6.68. The summed E-state index contributed by atoms with van der Waals surface area (Å²) in [5.74, 6) is 0.624. The monoisotopic (exact) mass is 398 g/mol. The van der Waals surface area contributed by atoms with E-state index in [2.05, 4.69) is 15.6 Å². The highest BCUT2D eigenvalue weighted by Crippen LogP contribution is 2.32. The van der Waals surface area contributed by atoms with Gasteiger partial charge in [-0.25, -0.2) is 9.78 Å². The Kier molecular flexibility index (Phi) is 5.78. The first kappa shape index (κ1) is 18.8. The fourth-order valence-electron chi connectivity index (χ4n) is 3.31. The van der Waals surface area contributed by atoms with Crippen LogP contribution in [0.3, 0.4) is 0 Å². The molecule has 0 saturated carbocycles. The zero-order valence-electron chi connectivity index (χ0n) is 15.4. The van der Waals surface area contributed by atoms with Crippen LogP contribution in [0.4, 0.5) is 16.2 Å². The van der Waals surface area contributed by atoms with E-state index >= 15 is 0 Å². The van der Waals surface area contributed by atoms with Crippen molar-refractivity contribution < 1.29 is 14.3 Å². The third-order valence-electron chi connectivity index (χ3n) is 4.73. The highest BCUT2D eigenvalue weighted by Gasteiger charge is 2.24. The highest BCUT2D eigenvalue weighted by molar-refractivity contribution is 7.99. The van der Waals surface area contributed by atoms with Gasteiger partial charge in [0.2, 0.25) is 0 Å². The number of nitrogens with zero attached hydrogens (tertiary/aromatic N) is 2. The van der Waals surface area contributed by atoms with Gasteiger partial charge in [0.1, 0.15) is 5.03 Å². The summed E-state index contributed by atoms with van der Waals surface area (Å²) in [7, 11) is 0. The topological polar surface area (TPSA) is 83.6 Å². The van der Waals surface area contributed by atoms with Crippen molar-refractivity contribution in [1.29, 1.82) is 0 Å². The Morgan fingerprint density at radius 1 is 1.29 bits per heavy atom. The number of hydrogen-bond acceptors (Lipinski definition) is 5. The van der Waals surface area contributed by atoms with Crippen LogP contribution in [0.1, 0.15) is 23.2 Å². The van der Waals surface area contributed by atoms with E-state index in [1.54, 1.807) is 47.1 Å². The molecule has 2 aromatic rings.